The van der Waals surface area contributed by atoms with E-state index in [1.54, 1.807) is 25.1 Å². The van der Waals surface area contributed by atoms with Gasteiger partial charge < -0.3 is 4.84 Å². The van der Waals surface area contributed by atoms with Gasteiger partial charge in [-0.2, -0.15) is 0 Å². The molecule has 0 radical (unpaired) electrons. The molecule has 8 nitrogen and oxygen atoms in total. The molecule has 0 atom stereocenters. The third-order valence-electron chi connectivity index (χ3n) is 4.13. The summed E-state index contributed by atoms with van der Waals surface area (Å²) in [6.45, 7) is 5.88. The van der Waals surface area contributed by atoms with Crippen molar-refractivity contribution < 1.29 is 18.0 Å². The van der Waals surface area contributed by atoms with Crippen molar-refractivity contribution in [3.63, 3.8) is 0 Å². The molecule has 1 amide bonds. The van der Waals surface area contributed by atoms with Crippen LogP contribution in [-0.2, 0) is 10.0 Å². The number of carbonyl (C=O) groups is 1. The quantitative estimate of drug-likeness (QED) is 0.664. The van der Waals surface area contributed by atoms with Crippen molar-refractivity contribution in [3.05, 3.63) is 53.5 Å². The molecule has 0 spiro atoms. The number of nitrogens with zero attached hydrogens (tertiary/aromatic N) is 4. The number of sulfonamides is 1. The topological polar surface area (TPSA) is 94.4 Å². The van der Waals surface area contributed by atoms with Gasteiger partial charge in [0, 0.05) is 17.1 Å². The first-order chi connectivity index (χ1) is 12.8. The first-order valence-electron chi connectivity index (χ1n) is 8.32. The Hall–Kier alpha value is -2.94. The lowest BCUT2D eigenvalue weighted by Crippen LogP contribution is -2.36. The molecule has 9 heteroatoms. The average Bonchev–Trinajstić information content (AvgIpc) is 2.92. The van der Waals surface area contributed by atoms with Gasteiger partial charge in [-0.25, -0.2) is 12.7 Å². The fourth-order valence-electron chi connectivity index (χ4n) is 3.05. The molecular formula is C18H20N4O4S. The molecule has 0 bridgehead atoms. The van der Waals surface area contributed by atoms with E-state index in [-0.39, 0.29) is 11.3 Å². The zero-order chi connectivity index (χ0) is 19.8. The van der Waals surface area contributed by atoms with E-state index in [4.69, 9.17) is 4.84 Å². The summed E-state index contributed by atoms with van der Waals surface area (Å²) in [7, 11) is -3.85. The predicted octanol–water partition coefficient (Wildman–Crippen LogP) is 2.10. The van der Waals surface area contributed by atoms with Gasteiger partial charge in [-0.05, 0) is 50.6 Å². The summed E-state index contributed by atoms with van der Waals surface area (Å²) in [5, 5.41) is 5.09. The number of carbonyl (C=O) groups excluding carboxylic acids is 1. The second-order valence-corrected chi connectivity index (χ2v) is 7.88. The van der Waals surface area contributed by atoms with Crippen LogP contribution in [-0.4, -0.2) is 42.1 Å². The molecule has 0 aliphatic carbocycles. The van der Waals surface area contributed by atoms with E-state index in [9.17, 15) is 13.2 Å². The molecule has 0 saturated heterocycles. The molecule has 0 fully saturated rings. The van der Waals surface area contributed by atoms with E-state index in [0.717, 1.165) is 21.5 Å². The number of hydrogen-bond acceptors (Lipinski definition) is 6. The molecule has 0 aliphatic rings. The van der Waals surface area contributed by atoms with Crippen molar-refractivity contribution in [3.8, 4) is 0 Å². The molecule has 0 aliphatic heterocycles. The third-order valence-corrected chi connectivity index (χ3v) is 5.17. The van der Waals surface area contributed by atoms with Gasteiger partial charge in [0.15, 0.2) is 0 Å². The van der Waals surface area contributed by atoms with Crippen LogP contribution in [0.5, 0.6) is 0 Å². The number of hydrogen-bond donors (Lipinski definition) is 0. The van der Waals surface area contributed by atoms with Crippen molar-refractivity contribution in [2.75, 3.05) is 17.2 Å². The number of aryl methyl sites for hydroxylation is 2. The van der Waals surface area contributed by atoms with Gasteiger partial charge in [0.2, 0.25) is 10.0 Å². The average molecular weight is 388 g/mol. The summed E-state index contributed by atoms with van der Waals surface area (Å²) < 4.78 is 25.4. The van der Waals surface area contributed by atoms with E-state index < -0.39 is 15.9 Å². The van der Waals surface area contributed by atoms with Gasteiger partial charge in [0.05, 0.1) is 23.8 Å². The van der Waals surface area contributed by atoms with Crippen molar-refractivity contribution >= 4 is 32.5 Å². The fraction of sp³-hybridized carbons (Fsp3) is 0.278. The molecule has 0 saturated carbocycles. The minimum absolute atomic E-state index is 0.186. The normalized spacial score (nSPS) is 11.6. The molecule has 3 rings (SSSR count). The van der Waals surface area contributed by atoms with E-state index in [2.05, 4.69) is 10.1 Å². The summed E-state index contributed by atoms with van der Waals surface area (Å²) in [5.41, 5.74) is 2.51. The maximum atomic E-state index is 13.2. The van der Waals surface area contributed by atoms with Gasteiger partial charge in [-0.3, -0.25) is 9.78 Å². The summed E-state index contributed by atoms with van der Waals surface area (Å²) in [6, 6.07) is 6.39. The van der Waals surface area contributed by atoms with Crippen LogP contribution in [0.3, 0.4) is 0 Å². The van der Waals surface area contributed by atoms with Crippen LogP contribution in [0.2, 0.25) is 0 Å². The second-order valence-electron chi connectivity index (χ2n) is 6.05. The molecule has 0 unspecified atom stereocenters. The SMILES string of the molecule is CCOn1nc(C)c2c(C)c(C(=O)N(c3cccnc3)S(C)(=O)=O)ccc21. The van der Waals surface area contributed by atoms with E-state index >= 15 is 0 Å². The Bertz CT molecular complexity index is 1110. The number of aromatic nitrogens is 3. The van der Waals surface area contributed by atoms with Crippen molar-refractivity contribution in [2.45, 2.75) is 20.8 Å². The monoisotopic (exact) mass is 388 g/mol. The lowest BCUT2D eigenvalue weighted by atomic mass is 10.0. The lowest BCUT2D eigenvalue weighted by molar-refractivity contribution is 0.100. The van der Waals surface area contributed by atoms with Crippen LogP contribution in [0, 0.1) is 13.8 Å². The van der Waals surface area contributed by atoms with E-state index in [1.807, 2.05) is 13.8 Å². The molecule has 3 aromatic rings. The zero-order valence-corrected chi connectivity index (χ0v) is 16.3. The zero-order valence-electron chi connectivity index (χ0n) is 15.5. The minimum atomic E-state index is -3.85. The minimum Gasteiger partial charge on any atom is -0.396 e. The Balaban J connectivity index is 2.17. The van der Waals surface area contributed by atoms with Crippen LogP contribution < -0.4 is 9.14 Å². The molecule has 27 heavy (non-hydrogen) atoms. The Labute approximate surface area is 157 Å². The Kier molecular flexibility index (Phi) is 4.88. The smallest absolute Gasteiger partial charge is 0.272 e. The van der Waals surface area contributed by atoms with Crippen molar-refractivity contribution in [2.24, 2.45) is 0 Å². The van der Waals surface area contributed by atoms with Gasteiger partial charge in [-0.1, -0.05) is 4.85 Å². The van der Waals surface area contributed by atoms with Crippen LogP contribution in [0.25, 0.3) is 10.9 Å². The van der Waals surface area contributed by atoms with Gasteiger partial charge in [-0.15, -0.1) is 5.10 Å². The van der Waals surface area contributed by atoms with Crippen LogP contribution >= 0.6 is 0 Å². The largest absolute Gasteiger partial charge is 0.396 e. The molecule has 1 aromatic carbocycles. The number of pyridine rings is 1. The van der Waals surface area contributed by atoms with Crippen LogP contribution in [0.4, 0.5) is 5.69 Å². The summed E-state index contributed by atoms with van der Waals surface area (Å²) >= 11 is 0. The Morgan fingerprint density at radius 3 is 2.59 bits per heavy atom. The summed E-state index contributed by atoms with van der Waals surface area (Å²) in [6.07, 6.45) is 3.84. The lowest BCUT2D eigenvalue weighted by Gasteiger charge is -2.21. The first kappa shape index (κ1) is 18.8. The van der Waals surface area contributed by atoms with Crippen molar-refractivity contribution in [1.29, 1.82) is 0 Å². The maximum Gasteiger partial charge on any atom is 0.272 e. The highest BCUT2D eigenvalue weighted by molar-refractivity contribution is 7.92. The number of anilines is 1. The van der Waals surface area contributed by atoms with Gasteiger partial charge in [0.25, 0.3) is 5.91 Å². The van der Waals surface area contributed by atoms with E-state index in [0.29, 0.717) is 17.9 Å². The first-order valence-corrected chi connectivity index (χ1v) is 10.2. The summed E-state index contributed by atoms with van der Waals surface area (Å²) in [4.78, 5) is 24.0. The highest BCUT2D eigenvalue weighted by Crippen LogP contribution is 2.27. The highest BCUT2D eigenvalue weighted by Gasteiger charge is 2.29. The van der Waals surface area contributed by atoms with Gasteiger partial charge >= 0.3 is 0 Å². The fourth-order valence-corrected chi connectivity index (χ4v) is 3.94. The predicted molar refractivity (Wildman–Crippen MR) is 102 cm³/mol. The molecular weight excluding hydrogens is 368 g/mol. The highest BCUT2D eigenvalue weighted by atomic mass is 32.2. The number of benzene rings is 1. The van der Waals surface area contributed by atoms with Crippen LogP contribution in [0.1, 0.15) is 28.5 Å². The van der Waals surface area contributed by atoms with Crippen molar-refractivity contribution in [1.82, 2.24) is 14.9 Å². The summed E-state index contributed by atoms with van der Waals surface area (Å²) in [5.74, 6) is -0.645. The number of rotatable bonds is 5. The maximum absolute atomic E-state index is 13.2. The van der Waals surface area contributed by atoms with E-state index in [1.165, 1.54) is 23.3 Å². The standard InChI is InChI=1S/C18H20N4O4S/c1-5-26-22-16-9-8-15(12(2)17(16)13(3)20-22)18(23)21(27(4,24)25)14-7-6-10-19-11-14/h6-11H,5H2,1-4H3. The number of amides is 1. The second kappa shape index (κ2) is 6.99. The Morgan fingerprint density at radius 2 is 2.00 bits per heavy atom. The molecule has 142 valence electrons. The Morgan fingerprint density at radius 1 is 1.26 bits per heavy atom. The number of fused-ring (bicyclic) bond motifs is 1. The molecule has 2 heterocycles. The van der Waals surface area contributed by atoms with Gasteiger partial charge in [0.1, 0.15) is 12.1 Å². The molecule has 2 aromatic heterocycles. The van der Waals surface area contributed by atoms with Crippen LogP contribution in [0.15, 0.2) is 36.7 Å². The third kappa shape index (κ3) is 3.37. The molecule has 0 N–H and O–H groups in total.